The fourth-order valence-corrected chi connectivity index (χ4v) is 0. The molecule has 4 heavy (non-hydrogen) atoms. The normalized spacial score (nSPS) is 0. The SMILES string of the molecule is N.[B].[Na+].[OH-]. The zero-order valence-electron chi connectivity index (χ0n) is 2.73. The molecule has 0 spiro atoms. The predicted octanol–water partition coefficient (Wildman–Crippen LogP) is -3.39. The number of rotatable bonds is 0. The van der Waals surface area contributed by atoms with Crippen LogP contribution in [0.15, 0.2) is 0 Å². The summed E-state index contributed by atoms with van der Waals surface area (Å²) in [6, 6.07) is 0. The van der Waals surface area contributed by atoms with Gasteiger partial charge in [0.15, 0.2) is 0 Å². The predicted molar refractivity (Wildman–Crippen MR) is 12.7 cm³/mol. The van der Waals surface area contributed by atoms with E-state index in [0.29, 0.717) is 0 Å². The number of hydrogen-bond acceptors (Lipinski definition) is 2. The van der Waals surface area contributed by atoms with Gasteiger partial charge in [0.05, 0.1) is 0 Å². The topological polar surface area (TPSA) is 65.0 Å². The molecule has 0 aliphatic rings. The minimum absolute atomic E-state index is 0. The molecule has 3 radical (unpaired) electrons. The first-order valence-electron chi connectivity index (χ1n) is 0. The fraction of sp³-hybridized carbons (Fsp3) is 0. The van der Waals surface area contributed by atoms with E-state index in [-0.39, 0.29) is 49.6 Å². The Hall–Kier alpha value is 0.985. The van der Waals surface area contributed by atoms with Gasteiger partial charge in [-0.15, -0.1) is 0 Å². The van der Waals surface area contributed by atoms with Crippen LogP contribution in [0.5, 0.6) is 0 Å². The first-order chi connectivity index (χ1) is 0. The molecule has 4 heteroatoms. The van der Waals surface area contributed by atoms with Gasteiger partial charge in [0.25, 0.3) is 0 Å². The Bertz CT molecular complexity index is 8.00. The molecule has 0 bridgehead atoms. The van der Waals surface area contributed by atoms with Crippen molar-refractivity contribution >= 4 is 8.41 Å². The molecule has 0 aromatic carbocycles. The Morgan fingerprint density at radius 2 is 1.00 bits per heavy atom. The van der Waals surface area contributed by atoms with E-state index in [1.807, 2.05) is 0 Å². The maximum Gasteiger partial charge on any atom is 1.00 e. The summed E-state index contributed by atoms with van der Waals surface area (Å²) in [5.41, 5.74) is 0. The average molecular weight is 67.8 g/mol. The van der Waals surface area contributed by atoms with Crippen molar-refractivity contribution < 1.29 is 35.0 Å². The minimum atomic E-state index is 0. The Morgan fingerprint density at radius 3 is 1.00 bits per heavy atom. The van der Waals surface area contributed by atoms with Crippen molar-refractivity contribution in [3.8, 4) is 0 Å². The molecule has 0 saturated carbocycles. The zero-order valence-corrected chi connectivity index (χ0v) is 4.73. The molecule has 0 amide bonds. The molecular weight excluding hydrogens is 63.8 g/mol. The van der Waals surface area contributed by atoms with Gasteiger partial charge in [-0.25, -0.2) is 0 Å². The van der Waals surface area contributed by atoms with E-state index in [2.05, 4.69) is 0 Å². The van der Waals surface area contributed by atoms with E-state index in [1.165, 1.54) is 0 Å². The maximum atomic E-state index is 0. The van der Waals surface area contributed by atoms with E-state index in [4.69, 9.17) is 0 Å². The molecule has 0 fully saturated rings. The van der Waals surface area contributed by atoms with Crippen LogP contribution >= 0.6 is 0 Å². The first kappa shape index (κ1) is 81.6. The zero-order chi connectivity index (χ0) is 0. The summed E-state index contributed by atoms with van der Waals surface area (Å²) in [7, 11) is 0. The molecular formula is H4BNNaO. The van der Waals surface area contributed by atoms with Gasteiger partial charge in [-0.2, -0.15) is 0 Å². The van der Waals surface area contributed by atoms with Gasteiger partial charge < -0.3 is 11.6 Å². The maximum absolute atomic E-state index is 0. The average Bonchev–Trinajstić information content (AvgIpc) is 0. The van der Waals surface area contributed by atoms with Gasteiger partial charge >= 0.3 is 29.6 Å². The van der Waals surface area contributed by atoms with Crippen molar-refractivity contribution in [3.05, 3.63) is 0 Å². The second-order valence-corrected chi connectivity index (χ2v) is 0. The van der Waals surface area contributed by atoms with Gasteiger partial charge in [-0.05, 0) is 0 Å². The van der Waals surface area contributed by atoms with Gasteiger partial charge in [0.2, 0.25) is 0 Å². The second-order valence-electron chi connectivity index (χ2n) is 0. The third-order valence-electron chi connectivity index (χ3n) is 0. The van der Waals surface area contributed by atoms with Crippen LogP contribution in [0.4, 0.5) is 0 Å². The molecule has 0 aromatic rings. The molecule has 0 aliphatic carbocycles. The molecule has 0 rings (SSSR count). The fourth-order valence-electron chi connectivity index (χ4n) is 0. The molecule has 0 aliphatic heterocycles. The molecule has 2 nitrogen and oxygen atoms in total. The molecule has 0 unspecified atom stereocenters. The van der Waals surface area contributed by atoms with Crippen molar-refractivity contribution in [3.63, 3.8) is 0 Å². The largest absolute Gasteiger partial charge is 1.00 e. The molecule has 0 atom stereocenters. The van der Waals surface area contributed by atoms with Crippen LogP contribution in [0.3, 0.4) is 0 Å². The molecule has 0 heterocycles. The Labute approximate surface area is 49.7 Å². The molecule has 4 N–H and O–H groups in total. The van der Waals surface area contributed by atoms with Crippen LogP contribution in [-0.2, 0) is 0 Å². The summed E-state index contributed by atoms with van der Waals surface area (Å²) in [5, 5.41) is 0. The van der Waals surface area contributed by atoms with Crippen LogP contribution in [-0.4, -0.2) is 13.9 Å². The third kappa shape index (κ3) is 12.1. The summed E-state index contributed by atoms with van der Waals surface area (Å²) in [6.07, 6.45) is 0. The summed E-state index contributed by atoms with van der Waals surface area (Å²) >= 11 is 0. The van der Waals surface area contributed by atoms with Crippen LogP contribution in [0, 0.1) is 0 Å². The van der Waals surface area contributed by atoms with Crippen molar-refractivity contribution in [1.29, 1.82) is 0 Å². The van der Waals surface area contributed by atoms with E-state index in [9.17, 15) is 0 Å². The van der Waals surface area contributed by atoms with E-state index < -0.39 is 0 Å². The van der Waals surface area contributed by atoms with Gasteiger partial charge in [0, 0.05) is 8.41 Å². The van der Waals surface area contributed by atoms with Gasteiger partial charge in [-0.1, -0.05) is 0 Å². The van der Waals surface area contributed by atoms with Crippen LogP contribution in [0.1, 0.15) is 0 Å². The minimum Gasteiger partial charge on any atom is -0.870 e. The number of hydrogen-bond donors (Lipinski definition) is 1. The molecule has 0 aromatic heterocycles. The Balaban J connectivity index is 0. The standard InChI is InChI=1S/B.H3N.Na.H2O/h;1H3;;1H2/q;;+1;/p-1. The third-order valence-corrected chi connectivity index (χ3v) is 0. The molecule has 19 valence electrons. The summed E-state index contributed by atoms with van der Waals surface area (Å²) in [5.74, 6) is 0. The van der Waals surface area contributed by atoms with Crippen LogP contribution in [0.2, 0.25) is 0 Å². The second kappa shape index (κ2) is 36.6. The van der Waals surface area contributed by atoms with Crippen LogP contribution < -0.4 is 35.7 Å². The smallest absolute Gasteiger partial charge is 0.870 e. The monoisotopic (exact) mass is 68.0 g/mol. The van der Waals surface area contributed by atoms with E-state index in [1.54, 1.807) is 0 Å². The summed E-state index contributed by atoms with van der Waals surface area (Å²) in [6.45, 7) is 0. The summed E-state index contributed by atoms with van der Waals surface area (Å²) in [4.78, 5) is 0. The van der Waals surface area contributed by atoms with E-state index >= 15 is 0 Å². The van der Waals surface area contributed by atoms with Crippen LogP contribution in [0.25, 0.3) is 0 Å². The summed E-state index contributed by atoms with van der Waals surface area (Å²) < 4.78 is 0. The van der Waals surface area contributed by atoms with E-state index in [0.717, 1.165) is 0 Å². The van der Waals surface area contributed by atoms with Gasteiger partial charge in [-0.3, -0.25) is 0 Å². The van der Waals surface area contributed by atoms with Crippen molar-refractivity contribution in [2.24, 2.45) is 0 Å². The quantitative estimate of drug-likeness (QED) is 0.301. The Morgan fingerprint density at radius 1 is 1.00 bits per heavy atom. The molecule has 0 saturated heterocycles. The van der Waals surface area contributed by atoms with Gasteiger partial charge in [0.1, 0.15) is 0 Å². The van der Waals surface area contributed by atoms with Crippen molar-refractivity contribution in [1.82, 2.24) is 6.15 Å². The first-order valence-corrected chi connectivity index (χ1v) is 0. The van der Waals surface area contributed by atoms with Crippen molar-refractivity contribution in [2.75, 3.05) is 0 Å². The Kier molecular flexibility index (Phi) is 747. The van der Waals surface area contributed by atoms with Crippen molar-refractivity contribution in [2.45, 2.75) is 0 Å².